The fourth-order valence-electron chi connectivity index (χ4n) is 1.56. The SMILES string of the molecule is Cn1ncnc1CC(=O)CCc1ccccn1. The summed E-state index contributed by atoms with van der Waals surface area (Å²) in [6.07, 6.45) is 4.70. The smallest absolute Gasteiger partial charge is 0.140 e. The Morgan fingerprint density at radius 1 is 1.35 bits per heavy atom. The summed E-state index contributed by atoms with van der Waals surface area (Å²) in [4.78, 5) is 19.9. The van der Waals surface area contributed by atoms with Crippen LogP contribution in [0.3, 0.4) is 0 Å². The third-order valence-corrected chi connectivity index (χ3v) is 2.55. The molecular weight excluding hydrogens is 216 g/mol. The van der Waals surface area contributed by atoms with Crippen molar-refractivity contribution < 1.29 is 4.79 Å². The number of rotatable bonds is 5. The molecular formula is C12H14N4O. The first-order valence-electron chi connectivity index (χ1n) is 5.50. The van der Waals surface area contributed by atoms with Gasteiger partial charge in [-0.05, 0) is 18.6 Å². The van der Waals surface area contributed by atoms with Crippen molar-refractivity contribution >= 4 is 5.78 Å². The van der Waals surface area contributed by atoms with Gasteiger partial charge in [0, 0.05) is 25.4 Å². The number of aryl methyl sites for hydroxylation is 2. The first-order chi connectivity index (χ1) is 8.25. The highest BCUT2D eigenvalue weighted by atomic mass is 16.1. The Morgan fingerprint density at radius 2 is 2.24 bits per heavy atom. The molecule has 0 N–H and O–H groups in total. The number of nitrogens with zero attached hydrogens (tertiary/aromatic N) is 4. The van der Waals surface area contributed by atoms with Crippen LogP contribution in [0.5, 0.6) is 0 Å². The molecule has 2 heterocycles. The van der Waals surface area contributed by atoms with Gasteiger partial charge in [0.1, 0.15) is 17.9 Å². The zero-order valence-corrected chi connectivity index (χ0v) is 9.71. The molecule has 0 atom stereocenters. The van der Waals surface area contributed by atoms with Crippen molar-refractivity contribution in [2.75, 3.05) is 0 Å². The van der Waals surface area contributed by atoms with Crippen LogP contribution in [0, 0.1) is 0 Å². The molecule has 0 unspecified atom stereocenters. The van der Waals surface area contributed by atoms with Gasteiger partial charge in [-0.25, -0.2) is 4.98 Å². The predicted octanol–water partition coefficient (Wildman–Crippen LogP) is 0.954. The number of aromatic nitrogens is 4. The van der Waals surface area contributed by atoms with Crippen molar-refractivity contribution in [1.82, 2.24) is 19.7 Å². The lowest BCUT2D eigenvalue weighted by Gasteiger charge is -2.00. The fraction of sp³-hybridized carbons (Fsp3) is 0.333. The molecule has 0 amide bonds. The summed E-state index contributed by atoms with van der Waals surface area (Å²) >= 11 is 0. The van der Waals surface area contributed by atoms with Crippen LogP contribution in [0.1, 0.15) is 17.9 Å². The highest BCUT2D eigenvalue weighted by Gasteiger charge is 2.08. The Balaban J connectivity index is 1.85. The first-order valence-corrected chi connectivity index (χ1v) is 5.50. The lowest BCUT2D eigenvalue weighted by molar-refractivity contribution is -0.118. The Morgan fingerprint density at radius 3 is 2.88 bits per heavy atom. The van der Waals surface area contributed by atoms with E-state index in [1.165, 1.54) is 6.33 Å². The Hall–Kier alpha value is -2.04. The molecule has 0 aliphatic rings. The second-order valence-corrected chi connectivity index (χ2v) is 3.84. The highest BCUT2D eigenvalue weighted by molar-refractivity contribution is 5.80. The predicted molar refractivity (Wildman–Crippen MR) is 62.3 cm³/mol. The van der Waals surface area contributed by atoms with Crippen LogP contribution in [-0.4, -0.2) is 25.5 Å². The topological polar surface area (TPSA) is 60.7 Å². The summed E-state index contributed by atoms with van der Waals surface area (Å²) in [5, 5.41) is 3.93. The van der Waals surface area contributed by atoms with Crippen molar-refractivity contribution in [1.29, 1.82) is 0 Å². The van der Waals surface area contributed by atoms with Gasteiger partial charge >= 0.3 is 0 Å². The third-order valence-electron chi connectivity index (χ3n) is 2.55. The average Bonchev–Trinajstić information content (AvgIpc) is 2.74. The van der Waals surface area contributed by atoms with E-state index in [1.54, 1.807) is 17.9 Å². The summed E-state index contributed by atoms with van der Waals surface area (Å²) in [6.45, 7) is 0. The molecule has 5 heteroatoms. The first kappa shape index (κ1) is 11.4. The van der Waals surface area contributed by atoms with Crippen molar-refractivity contribution in [3.63, 3.8) is 0 Å². The molecule has 2 rings (SSSR count). The number of hydrogen-bond donors (Lipinski definition) is 0. The Bertz CT molecular complexity index is 492. The zero-order chi connectivity index (χ0) is 12.1. The number of carbonyl (C=O) groups is 1. The van der Waals surface area contributed by atoms with E-state index in [0.29, 0.717) is 25.1 Å². The normalized spacial score (nSPS) is 10.4. The van der Waals surface area contributed by atoms with Gasteiger partial charge < -0.3 is 0 Å². The fourth-order valence-corrected chi connectivity index (χ4v) is 1.56. The number of ketones is 1. The summed E-state index contributed by atoms with van der Waals surface area (Å²) in [7, 11) is 1.79. The van der Waals surface area contributed by atoms with Crippen LogP contribution in [-0.2, 0) is 24.7 Å². The van der Waals surface area contributed by atoms with Crippen LogP contribution in [0.2, 0.25) is 0 Å². The number of hydrogen-bond acceptors (Lipinski definition) is 4. The van der Waals surface area contributed by atoms with Crippen LogP contribution in [0.25, 0.3) is 0 Å². The Kier molecular flexibility index (Phi) is 3.59. The summed E-state index contributed by atoms with van der Waals surface area (Å²) in [5.41, 5.74) is 0.943. The van der Waals surface area contributed by atoms with Crippen LogP contribution in [0.4, 0.5) is 0 Å². The molecule has 0 fully saturated rings. The molecule has 0 bridgehead atoms. The van der Waals surface area contributed by atoms with Gasteiger partial charge in [0.05, 0.1) is 6.42 Å². The van der Waals surface area contributed by atoms with Gasteiger partial charge in [-0.15, -0.1) is 0 Å². The molecule has 0 saturated heterocycles. The van der Waals surface area contributed by atoms with Gasteiger partial charge in [-0.1, -0.05) is 6.07 Å². The Labute approximate surface area is 99.5 Å². The zero-order valence-electron chi connectivity index (χ0n) is 9.71. The largest absolute Gasteiger partial charge is 0.299 e. The van der Waals surface area contributed by atoms with E-state index in [-0.39, 0.29) is 5.78 Å². The van der Waals surface area contributed by atoms with Crippen LogP contribution >= 0.6 is 0 Å². The van der Waals surface area contributed by atoms with Crippen molar-refractivity contribution in [3.8, 4) is 0 Å². The summed E-state index contributed by atoms with van der Waals surface area (Å²) in [5.74, 6) is 0.864. The molecule has 0 aliphatic carbocycles. The maximum absolute atomic E-state index is 11.7. The highest BCUT2D eigenvalue weighted by Crippen LogP contribution is 2.02. The summed E-state index contributed by atoms with van der Waals surface area (Å²) in [6, 6.07) is 5.72. The minimum absolute atomic E-state index is 0.159. The molecule has 88 valence electrons. The quantitative estimate of drug-likeness (QED) is 0.767. The lowest BCUT2D eigenvalue weighted by atomic mass is 10.1. The van der Waals surface area contributed by atoms with E-state index in [2.05, 4.69) is 15.1 Å². The molecule has 5 nitrogen and oxygen atoms in total. The van der Waals surface area contributed by atoms with Gasteiger partial charge in [0.25, 0.3) is 0 Å². The monoisotopic (exact) mass is 230 g/mol. The van der Waals surface area contributed by atoms with Crippen molar-refractivity contribution in [2.45, 2.75) is 19.3 Å². The van der Waals surface area contributed by atoms with E-state index in [0.717, 1.165) is 5.69 Å². The third kappa shape index (κ3) is 3.21. The molecule has 2 aromatic heterocycles. The standard InChI is InChI=1S/C12H14N4O/c1-16-12(14-9-15-16)8-11(17)6-5-10-4-2-3-7-13-10/h2-4,7,9H,5-6,8H2,1H3. The van der Waals surface area contributed by atoms with Gasteiger partial charge in [-0.2, -0.15) is 5.10 Å². The summed E-state index contributed by atoms with van der Waals surface area (Å²) < 4.78 is 1.62. The average molecular weight is 230 g/mol. The number of pyridine rings is 1. The van der Waals surface area contributed by atoms with E-state index in [9.17, 15) is 4.79 Å². The molecule has 0 aromatic carbocycles. The van der Waals surface area contributed by atoms with Gasteiger partial charge in [0.15, 0.2) is 0 Å². The lowest BCUT2D eigenvalue weighted by Crippen LogP contribution is -2.09. The molecule has 2 aromatic rings. The van der Waals surface area contributed by atoms with E-state index < -0.39 is 0 Å². The second kappa shape index (κ2) is 5.34. The van der Waals surface area contributed by atoms with Crippen LogP contribution < -0.4 is 0 Å². The maximum Gasteiger partial charge on any atom is 0.140 e. The second-order valence-electron chi connectivity index (χ2n) is 3.84. The minimum atomic E-state index is 0.159. The van der Waals surface area contributed by atoms with Crippen molar-refractivity contribution in [2.24, 2.45) is 7.05 Å². The van der Waals surface area contributed by atoms with Gasteiger partial charge in [0.2, 0.25) is 0 Å². The molecule has 17 heavy (non-hydrogen) atoms. The van der Waals surface area contributed by atoms with E-state index in [1.807, 2.05) is 18.2 Å². The number of carbonyl (C=O) groups excluding carboxylic acids is 1. The molecule has 0 radical (unpaired) electrons. The van der Waals surface area contributed by atoms with Crippen LogP contribution in [0.15, 0.2) is 30.7 Å². The maximum atomic E-state index is 11.7. The van der Waals surface area contributed by atoms with Crippen molar-refractivity contribution in [3.05, 3.63) is 42.2 Å². The number of Topliss-reactive ketones (excluding diaryl/α,β-unsaturated/α-hetero) is 1. The van der Waals surface area contributed by atoms with E-state index >= 15 is 0 Å². The van der Waals surface area contributed by atoms with E-state index in [4.69, 9.17) is 0 Å². The molecule has 0 spiro atoms. The minimum Gasteiger partial charge on any atom is -0.299 e. The molecule has 0 aliphatic heterocycles. The molecule has 0 saturated carbocycles. The van der Waals surface area contributed by atoms with Gasteiger partial charge in [-0.3, -0.25) is 14.5 Å².